The number of aromatic nitrogens is 2. The topological polar surface area (TPSA) is 95.8 Å². The number of amides is 4. The van der Waals surface area contributed by atoms with Crippen molar-refractivity contribution in [1.82, 2.24) is 24.9 Å². The molecule has 9 heteroatoms. The standard InChI is InChI=1S/C22H23N5O3S/c28-18(12-17-14-27-10-11-31-21(27)23-17)26-8-6-16(7-9-26)22(19(29)24-20(30)25-22)13-15-4-2-1-3-5-15/h1-5,10-11,14,16H,6-9,12-13H2,(H2,24,25,29,30)/t22-/m0/s1. The minimum Gasteiger partial charge on any atom is -0.342 e. The van der Waals surface area contributed by atoms with Crippen LogP contribution in [0.4, 0.5) is 4.79 Å². The molecule has 5 rings (SSSR count). The van der Waals surface area contributed by atoms with Crippen LogP contribution in [0.3, 0.4) is 0 Å². The molecular weight excluding hydrogens is 414 g/mol. The van der Waals surface area contributed by atoms with Crippen molar-refractivity contribution in [2.45, 2.75) is 31.2 Å². The number of nitrogens with zero attached hydrogens (tertiary/aromatic N) is 3. The first-order valence-corrected chi connectivity index (χ1v) is 11.3. The van der Waals surface area contributed by atoms with E-state index < -0.39 is 11.6 Å². The predicted molar refractivity (Wildman–Crippen MR) is 116 cm³/mol. The first-order chi connectivity index (χ1) is 15.0. The summed E-state index contributed by atoms with van der Waals surface area (Å²) in [6, 6.07) is 9.27. The fourth-order valence-corrected chi connectivity index (χ4v) is 5.45. The second-order valence-corrected chi connectivity index (χ2v) is 9.07. The highest BCUT2D eigenvalue weighted by Crippen LogP contribution is 2.34. The van der Waals surface area contributed by atoms with Gasteiger partial charge in [-0.05, 0) is 24.3 Å². The lowest BCUT2D eigenvalue weighted by Crippen LogP contribution is -2.58. The second-order valence-electron chi connectivity index (χ2n) is 8.20. The van der Waals surface area contributed by atoms with E-state index >= 15 is 0 Å². The summed E-state index contributed by atoms with van der Waals surface area (Å²) in [6.07, 6.45) is 5.85. The fraction of sp³-hybridized carbons (Fsp3) is 0.364. The number of hydrogen-bond acceptors (Lipinski definition) is 5. The van der Waals surface area contributed by atoms with E-state index in [4.69, 9.17) is 0 Å². The lowest BCUT2D eigenvalue weighted by molar-refractivity contribution is -0.133. The molecule has 2 saturated heterocycles. The summed E-state index contributed by atoms with van der Waals surface area (Å²) in [5.74, 6) is -0.272. The third kappa shape index (κ3) is 3.69. The van der Waals surface area contributed by atoms with E-state index in [0.717, 1.165) is 16.2 Å². The molecule has 0 unspecified atom stereocenters. The molecule has 4 amide bonds. The van der Waals surface area contributed by atoms with E-state index in [-0.39, 0.29) is 24.2 Å². The SMILES string of the molecule is O=C1NC(=O)[C@](Cc2ccccc2)(C2CCN(C(=O)Cc3cn4ccsc4n3)CC2)N1. The van der Waals surface area contributed by atoms with Crippen LogP contribution in [0.5, 0.6) is 0 Å². The average molecular weight is 438 g/mol. The van der Waals surface area contributed by atoms with Crippen LogP contribution in [0.25, 0.3) is 4.96 Å². The number of rotatable bonds is 5. The van der Waals surface area contributed by atoms with Crippen LogP contribution in [0.15, 0.2) is 48.1 Å². The number of piperidine rings is 1. The molecule has 2 aliphatic rings. The zero-order chi connectivity index (χ0) is 21.4. The Morgan fingerprint density at radius 3 is 2.65 bits per heavy atom. The molecule has 0 saturated carbocycles. The number of urea groups is 1. The third-order valence-corrected chi connectivity index (χ3v) is 7.09. The molecule has 4 heterocycles. The third-order valence-electron chi connectivity index (χ3n) is 6.31. The minimum absolute atomic E-state index is 0.0406. The average Bonchev–Trinajstić information content (AvgIpc) is 3.43. The highest BCUT2D eigenvalue weighted by atomic mass is 32.1. The Labute approximate surface area is 183 Å². The van der Waals surface area contributed by atoms with Crippen molar-refractivity contribution in [3.63, 3.8) is 0 Å². The molecule has 0 spiro atoms. The summed E-state index contributed by atoms with van der Waals surface area (Å²) < 4.78 is 1.92. The van der Waals surface area contributed by atoms with E-state index in [1.807, 2.05) is 57.4 Å². The van der Waals surface area contributed by atoms with Gasteiger partial charge in [-0.25, -0.2) is 9.78 Å². The zero-order valence-electron chi connectivity index (χ0n) is 16.9. The van der Waals surface area contributed by atoms with Gasteiger partial charge in [-0.1, -0.05) is 30.3 Å². The van der Waals surface area contributed by atoms with Crippen molar-refractivity contribution in [2.75, 3.05) is 13.1 Å². The van der Waals surface area contributed by atoms with Gasteiger partial charge >= 0.3 is 6.03 Å². The molecule has 31 heavy (non-hydrogen) atoms. The van der Waals surface area contributed by atoms with Crippen LogP contribution < -0.4 is 10.6 Å². The molecule has 1 aromatic carbocycles. The molecule has 0 bridgehead atoms. The summed E-state index contributed by atoms with van der Waals surface area (Å²) in [5.41, 5.74) is 0.794. The Morgan fingerprint density at radius 1 is 1.19 bits per heavy atom. The van der Waals surface area contributed by atoms with Gasteiger partial charge in [-0.15, -0.1) is 11.3 Å². The summed E-state index contributed by atoms with van der Waals surface area (Å²) in [5, 5.41) is 7.30. The molecule has 8 nitrogen and oxygen atoms in total. The van der Waals surface area contributed by atoms with Gasteiger partial charge in [-0.3, -0.25) is 19.3 Å². The molecule has 2 N–H and O–H groups in total. The highest BCUT2D eigenvalue weighted by molar-refractivity contribution is 7.15. The zero-order valence-corrected chi connectivity index (χ0v) is 17.7. The Bertz CT molecular complexity index is 1100. The lowest BCUT2D eigenvalue weighted by Gasteiger charge is -2.40. The lowest BCUT2D eigenvalue weighted by atomic mass is 9.74. The maximum Gasteiger partial charge on any atom is 0.322 e. The van der Waals surface area contributed by atoms with E-state index in [1.165, 1.54) is 0 Å². The van der Waals surface area contributed by atoms with E-state index in [0.29, 0.717) is 32.4 Å². The van der Waals surface area contributed by atoms with Gasteiger partial charge in [-0.2, -0.15) is 0 Å². The van der Waals surface area contributed by atoms with Crippen LogP contribution in [0, 0.1) is 5.92 Å². The van der Waals surface area contributed by atoms with Gasteiger partial charge in [0, 0.05) is 37.3 Å². The van der Waals surface area contributed by atoms with Crippen LogP contribution in [0.2, 0.25) is 0 Å². The van der Waals surface area contributed by atoms with Crippen molar-refractivity contribution in [1.29, 1.82) is 0 Å². The molecule has 2 fully saturated rings. The largest absolute Gasteiger partial charge is 0.342 e. The summed E-state index contributed by atoms with van der Waals surface area (Å²) in [6.45, 7) is 1.12. The number of fused-ring (bicyclic) bond motifs is 1. The maximum absolute atomic E-state index is 12.8. The van der Waals surface area contributed by atoms with Crippen LogP contribution in [-0.2, 0) is 22.4 Å². The van der Waals surface area contributed by atoms with Crippen molar-refractivity contribution >= 4 is 34.1 Å². The van der Waals surface area contributed by atoms with E-state index in [9.17, 15) is 14.4 Å². The van der Waals surface area contributed by atoms with Gasteiger partial charge in [0.15, 0.2) is 4.96 Å². The fourth-order valence-electron chi connectivity index (χ4n) is 4.73. The van der Waals surface area contributed by atoms with E-state index in [1.54, 1.807) is 11.3 Å². The Hall–Kier alpha value is -3.20. The van der Waals surface area contributed by atoms with Crippen molar-refractivity contribution < 1.29 is 14.4 Å². The van der Waals surface area contributed by atoms with Crippen molar-refractivity contribution in [2.24, 2.45) is 5.92 Å². The number of likely N-dealkylation sites (tertiary alicyclic amines) is 1. The first kappa shape index (κ1) is 19.7. The van der Waals surface area contributed by atoms with Crippen LogP contribution >= 0.6 is 11.3 Å². The van der Waals surface area contributed by atoms with Crippen LogP contribution in [0.1, 0.15) is 24.1 Å². The number of carbonyl (C=O) groups is 3. The maximum atomic E-state index is 12.8. The number of benzene rings is 1. The smallest absolute Gasteiger partial charge is 0.322 e. The quantitative estimate of drug-likeness (QED) is 0.597. The molecule has 2 aliphatic heterocycles. The molecule has 0 radical (unpaired) electrons. The number of nitrogens with one attached hydrogen (secondary N) is 2. The van der Waals surface area contributed by atoms with Gasteiger partial charge in [0.2, 0.25) is 5.91 Å². The number of imide groups is 1. The van der Waals surface area contributed by atoms with Crippen molar-refractivity contribution in [3.05, 3.63) is 59.4 Å². The Morgan fingerprint density at radius 2 is 1.97 bits per heavy atom. The summed E-state index contributed by atoms with van der Waals surface area (Å²) >= 11 is 1.54. The normalized spacial score (nSPS) is 22.0. The number of carbonyl (C=O) groups excluding carboxylic acids is 3. The molecule has 1 atom stereocenters. The highest BCUT2D eigenvalue weighted by Gasteiger charge is 2.52. The summed E-state index contributed by atoms with van der Waals surface area (Å²) in [7, 11) is 0. The number of hydrogen-bond donors (Lipinski definition) is 2. The van der Waals surface area contributed by atoms with E-state index in [2.05, 4.69) is 15.6 Å². The van der Waals surface area contributed by atoms with Gasteiger partial charge in [0.25, 0.3) is 5.91 Å². The predicted octanol–water partition coefficient (Wildman–Crippen LogP) is 2.00. The molecule has 2 aromatic heterocycles. The Kier molecular flexibility index (Phi) is 4.97. The molecule has 160 valence electrons. The van der Waals surface area contributed by atoms with Crippen molar-refractivity contribution in [3.8, 4) is 0 Å². The summed E-state index contributed by atoms with van der Waals surface area (Å²) in [4.78, 5) is 44.9. The van der Waals surface area contributed by atoms with Gasteiger partial charge < -0.3 is 10.2 Å². The molecular formula is C22H23N5O3S. The van der Waals surface area contributed by atoms with Gasteiger partial charge in [0.05, 0.1) is 12.1 Å². The second kappa shape index (κ2) is 7.81. The van der Waals surface area contributed by atoms with Gasteiger partial charge in [0.1, 0.15) is 5.54 Å². The molecule has 3 aromatic rings. The van der Waals surface area contributed by atoms with Crippen LogP contribution in [-0.4, -0.2) is 50.8 Å². The molecule has 0 aliphatic carbocycles. The monoisotopic (exact) mass is 437 g/mol. The Balaban J connectivity index is 1.27. The first-order valence-electron chi connectivity index (χ1n) is 10.4. The minimum atomic E-state index is -0.970. The number of imidazole rings is 1. The number of thiazole rings is 1.